The van der Waals surface area contributed by atoms with Crippen LogP contribution in [0.2, 0.25) is 0 Å². The molecule has 0 aliphatic heterocycles. The van der Waals surface area contributed by atoms with Crippen molar-refractivity contribution < 1.29 is 9.59 Å². The highest BCUT2D eigenvalue weighted by atomic mass is 32.2. The number of amides is 2. The summed E-state index contributed by atoms with van der Waals surface area (Å²) in [6, 6.07) is 19.5. The average Bonchev–Trinajstić information content (AvgIpc) is 3.54. The summed E-state index contributed by atoms with van der Waals surface area (Å²) in [6.45, 7) is 0.793. The van der Waals surface area contributed by atoms with Crippen molar-refractivity contribution in [3.05, 3.63) is 97.3 Å². The van der Waals surface area contributed by atoms with E-state index in [9.17, 15) is 9.59 Å². The Kier molecular flexibility index (Phi) is 8.13. The van der Waals surface area contributed by atoms with Crippen LogP contribution in [0.25, 0.3) is 0 Å². The molecule has 9 heteroatoms. The molecule has 0 aliphatic carbocycles. The molecule has 0 radical (unpaired) electrons. The number of nitrogens with zero attached hydrogens (tertiary/aromatic N) is 4. The predicted octanol–water partition coefficient (Wildman–Crippen LogP) is 3.76. The summed E-state index contributed by atoms with van der Waals surface area (Å²) in [4.78, 5) is 30.1. The van der Waals surface area contributed by atoms with E-state index in [1.807, 2.05) is 71.4 Å². The number of aryl methyl sites for hydroxylation is 1. The van der Waals surface area contributed by atoms with Gasteiger partial charge in [-0.2, -0.15) is 5.10 Å². The first-order valence-electron chi connectivity index (χ1n) is 11.0. The van der Waals surface area contributed by atoms with E-state index in [0.29, 0.717) is 11.4 Å². The predicted molar refractivity (Wildman–Crippen MR) is 132 cm³/mol. The second-order valence-corrected chi connectivity index (χ2v) is 8.75. The molecule has 2 aromatic heterocycles. The number of thioether (sulfide) groups is 1. The van der Waals surface area contributed by atoms with E-state index in [4.69, 9.17) is 0 Å². The van der Waals surface area contributed by atoms with Gasteiger partial charge in [-0.3, -0.25) is 14.3 Å². The van der Waals surface area contributed by atoms with Crippen molar-refractivity contribution in [1.82, 2.24) is 24.6 Å². The van der Waals surface area contributed by atoms with E-state index in [0.717, 1.165) is 23.4 Å². The molecule has 2 aromatic carbocycles. The van der Waals surface area contributed by atoms with Gasteiger partial charge >= 0.3 is 0 Å². The van der Waals surface area contributed by atoms with Gasteiger partial charge in [0, 0.05) is 30.0 Å². The Labute approximate surface area is 202 Å². The summed E-state index contributed by atoms with van der Waals surface area (Å²) in [7, 11) is 0. The lowest BCUT2D eigenvalue weighted by atomic mass is 10.0. The van der Waals surface area contributed by atoms with Crippen LogP contribution in [0.15, 0.2) is 96.7 Å². The standard InChI is InChI=1S/C25H26N6O2S/c32-24(29-23(20-7-3-1-4-8-20)11-13-30-14-12-26-19-30)17-31-16-21(15-27-31)28-25(33)18-34-22-9-5-2-6-10-22/h1-10,12,14-16,19,23H,11,13,17-18H2,(H,28,33)(H,29,32)/t23-/m1/s1. The number of rotatable bonds is 11. The lowest BCUT2D eigenvalue weighted by Gasteiger charge is -2.19. The van der Waals surface area contributed by atoms with E-state index in [1.54, 1.807) is 24.9 Å². The molecule has 0 spiro atoms. The number of benzene rings is 2. The number of carbonyl (C=O) groups excluding carboxylic acids is 2. The van der Waals surface area contributed by atoms with Crippen LogP contribution in [0.5, 0.6) is 0 Å². The van der Waals surface area contributed by atoms with Crippen LogP contribution in [0, 0.1) is 0 Å². The van der Waals surface area contributed by atoms with Gasteiger partial charge in [0.15, 0.2) is 0 Å². The Morgan fingerprint density at radius 3 is 2.50 bits per heavy atom. The fourth-order valence-corrected chi connectivity index (χ4v) is 4.19. The van der Waals surface area contributed by atoms with Crippen molar-refractivity contribution in [2.75, 3.05) is 11.1 Å². The van der Waals surface area contributed by atoms with Crippen LogP contribution in [0.1, 0.15) is 18.0 Å². The highest BCUT2D eigenvalue weighted by Crippen LogP contribution is 2.19. The molecule has 4 rings (SSSR count). The van der Waals surface area contributed by atoms with Gasteiger partial charge in [0.1, 0.15) is 6.54 Å². The van der Waals surface area contributed by atoms with E-state index >= 15 is 0 Å². The normalized spacial score (nSPS) is 11.6. The van der Waals surface area contributed by atoms with Crippen molar-refractivity contribution >= 4 is 29.3 Å². The van der Waals surface area contributed by atoms with Crippen molar-refractivity contribution in [1.29, 1.82) is 0 Å². The molecule has 174 valence electrons. The number of nitrogens with one attached hydrogen (secondary N) is 2. The molecule has 34 heavy (non-hydrogen) atoms. The van der Waals surface area contributed by atoms with Gasteiger partial charge in [-0.15, -0.1) is 11.8 Å². The van der Waals surface area contributed by atoms with Gasteiger partial charge in [0.25, 0.3) is 0 Å². The monoisotopic (exact) mass is 474 g/mol. The maximum atomic E-state index is 12.8. The highest BCUT2D eigenvalue weighted by Gasteiger charge is 2.16. The molecule has 1 atom stereocenters. The van der Waals surface area contributed by atoms with Crippen molar-refractivity contribution in [2.45, 2.75) is 30.4 Å². The molecule has 8 nitrogen and oxygen atoms in total. The summed E-state index contributed by atoms with van der Waals surface area (Å²) in [6.07, 6.45) is 9.35. The second-order valence-electron chi connectivity index (χ2n) is 7.70. The minimum Gasteiger partial charge on any atom is -0.348 e. The third-order valence-electron chi connectivity index (χ3n) is 5.11. The van der Waals surface area contributed by atoms with Gasteiger partial charge in [0.2, 0.25) is 11.8 Å². The number of hydrogen-bond acceptors (Lipinski definition) is 5. The smallest absolute Gasteiger partial charge is 0.242 e. The Hall–Kier alpha value is -3.85. The lowest BCUT2D eigenvalue weighted by molar-refractivity contribution is -0.122. The summed E-state index contributed by atoms with van der Waals surface area (Å²) < 4.78 is 3.51. The van der Waals surface area contributed by atoms with Crippen LogP contribution in [-0.2, 0) is 22.7 Å². The van der Waals surface area contributed by atoms with Crippen LogP contribution in [-0.4, -0.2) is 36.9 Å². The van der Waals surface area contributed by atoms with Crippen molar-refractivity contribution in [3.63, 3.8) is 0 Å². The maximum Gasteiger partial charge on any atom is 0.242 e. The molecule has 2 amide bonds. The molecule has 0 unspecified atom stereocenters. The van der Waals surface area contributed by atoms with Crippen LogP contribution >= 0.6 is 11.8 Å². The van der Waals surface area contributed by atoms with Crippen LogP contribution in [0.4, 0.5) is 5.69 Å². The topological polar surface area (TPSA) is 93.8 Å². The highest BCUT2D eigenvalue weighted by molar-refractivity contribution is 8.00. The quantitative estimate of drug-likeness (QED) is 0.323. The number of anilines is 1. The van der Waals surface area contributed by atoms with E-state index in [1.165, 1.54) is 16.4 Å². The number of hydrogen-bond donors (Lipinski definition) is 2. The minimum absolute atomic E-state index is 0.0586. The zero-order valence-corrected chi connectivity index (χ0v) is 19.4. The number of aromatic nitrogens is 4. The Bertz CT molecular complexity index is 1180. The summed E-state index contributed by atoms with van der Waals surface area (Å²) in [5.74, 6) is 0.0207. The van der Waals surface area contributed by atoms with Crippen LogP contribution < -0.4 is 10.6 Å². The number of imidazole rings is 1. The first-order chi connectivity index (χ1) is 16.7. The van der Waals surface area contributed by atoms with Crippen molar-refractivity contribution in [3.8, 4) is 0 Å². The molecular formula is C25H26N6O2S. The molecule has 0 saturated carbocycles. The average molecular weight is 475 g/mol. The summed E-state index contributed by atoms with van der Waals surface area (Å²) >= 11 is 1.46. The SMILES string of the molecule is O=C(CSc1ccccc1)Nc1cnn(CC(=O)N[C@H](CCn2ccnc2)c2ccccc2)c1. The fraction of sp³-hybridized carbons (Fsp3) is 0.200. The first-order valence-corrected chi connectivity index (χ1v) is 11.9. The molecule has 0 bridgehead atoms. The van der Waals surface area contributed by atoms with Gasteiger partial charge in [-0.1, -0.05) is 48.5 Å². The van der Waals surface area contributed by atoms with Crippen LogP contribution in [0.3, 0.4) is 0 Å². The van der Waals surface area contributed by atoms with Gasteiger partial charge in [-0.05, 0) is 24.1 Å². The van der Waals surface area contributed by atoms with Gasteiger partial charge in [-0.25, -0.2) is 4.98 Å². The summed E-state index contributed by atoms with van der Waals surface area (Å²) in [5, 5.41) is 10.1. The van der Waals surface area contributed by atoms with E-state index in [-0.39, 0.29) is 24.4 Å². The van der Waals surface area contributed by atoms with E-state index < -0.39 is 0 Å². The molecule has 4 aromatic rings. The largest absolute Gasteiger partial charge is 0.348 e. The first kappa shape index (κ1) is 23.3. The van der Waals surface area contributed by atoms with E-state index in [2.05, 4.69) is 20.7 Å². The maximum absolute atomic E-state index is 12.8. The van der Waals surface area contributed by atoms with Gasteiger partial charge < -0.3 is 15.2 Å². The molecule has 2 heterocycles. The third-order valence-corrected chi connectivity index (χ3v) is 6.12. The zero-order chi connectivity index (χ0) is 23.6. The molecule has 2 N–H and O–H groups in total. The second kappa shape index (κ2) is 11.9. The molecule has 0 aliphatic rings. The Balaban J connectivity index is 1.29. The number of carbonyl (C=O) groups is 2. The van der Waals surface area contributed by atoms with Gasteiger partial charge in [0.05, 0.1) is 30.0 Å². The zero-order valence-electron chi connectivity index (χ0n) is 18.6. The lowest BCUT2D eigenvalue weighted by Crippen LogP contribution is -2.32. The summed E-state index contributed by atoms with van der Waals surface area (Å²) in [5.41, 5.74) is 1.60. The molecule has 0 saturated heterocycles. The fourth-order valence-electron chi connectivity index (χ4n) is 3.47. The van der Waals surface area contributed by atoms with Crippen molar-refractivity contribution in [2.24, 2.45) is 0 Å². The minimum atomic E-state index is -0.153. The molecule has 0 fully saturated rings. The Morgan fingerprint density at radius 2 is 1.76 bits per heavy atom. The molecular weight excluding hydrogens is 448 g/mol. The Morgan fingerprint density at radius 1 is 1.00 bits per heavy atom. The third kappa shape index (κ3) is 7.08.